The summed E-state index contributed by atoms with van der Waals surface area (Å²) in [6, 6.07) is 4.80. The average Bonchev–Trinajstić information content (AvgIpc) is 2.40. The zero-order valence-electron chi connectivity index (χ0n) is 11.7. The van der Waals surface area contributed by atoms with Gasteiger partial charge in [0.2, 0.25) is 0 Å². The fraction of sp³-hybridized carbons (Fsp3) is 0.600. The lowest BCUT2D eigenvalue weighted by Crippen LogP contribution is -2.45. The molecule has 1 aliphatic rings. The number of rotatable bonds is 4. The molecule has 0 aliphatic carbocycles. The minimum Gasteiger partial charge on any atom is -0.305 e. The van der Waals surface area contributed by atoms with Gasteiger partial charge in [-0.2, -0.15) is 0 Å². The summed E-state index contributed by atoms with van der Waals surface area (Å²) in [5, 5.41) is 0. The maximum atomic E-state index is 13.1. The van der Waals surface area contributed by atoms with Crippen LogP contribution in [0.25, 0.3) is 0 Å². The van der Waals surface area contributed by atoms with E-state index in [0.717, 1.165) is 31.6 Å². The highest BCUT2D eigenvalue weighted by molar-refractivity contribution is 5.18. The van der Waals surface area contributed by atoms with E-state index in [1.807, 2.05) is 0 Å². The summed E-state index contributed by atoms with van der Waals surface area (Å²) < 4.78 is 26.0. The van der Waals surface area contributed by atoms with E-state index in [2.05, 4.69) is 23.9 Å². The number of hydrogen-bond donors (Lipinski definition) is 0. The normalized spacial score (nSPS) is 21.0. The van der Waals surface area contributed by atoms with E-state index < -0.39 is 11.6 Å². The molecule has 0 aromatic heterocycles. The molecular formula is C15H22F2N2. The van der Waals surface area contributed by atoms with Crippen molar-refractivity contribution in [1.82, 2.24) is 9.80 Å². The van der Waals surface area contributed by atoms with Gasteiger partial charge >= 0.3 is 0 Å². The summed E-state index contributed by atoms with van der Waals surface area (Å²) in [5.41, 5.74) is 0.867. The number of likely N-dealkylation sites (N-methyl/N-ethyl adjacent to an activating group) is 1. The molecule has 0 saturated carbocycles. The minimum absolute atomic E-state index is 0.610. The van der Waals surface area contributed by atoms with E-state index in [1.165, 1.54) is 25.0 Å². The number of likely N-dealkylation sites (tertiary alicyclic amines) is 1. The van der Waals surface area contributed by atoms with Crippen molar-refractivity contribution < 1.29 is 8.78 Å². The molecule has 1 aromatic rings. The fourth-order valence-electron chi connectivity index (χ4n) is 2.64. The van der Waals surface area contributed by atoms with E-state index >= 15 is 0 Å². The molecule has 2 nitrogen and oxygen atoms in total. The second-order valence-electron chi connectivity index (χ2n) is 5.56. The van der Waals surface area contributed by atoms with Crippen LogP contribution < -0.4 is 0 Å². The van der Waals surface area contributed by atoms with Crippen LogP contribution in [0.2, 0.25) is 0 Å². The summed E-state index contributed by atoms with van der Waals surface area (Å²) in [5.74, 6) is -1.52. The van der Waals surface area contributed by atoms with Crippen LogP contribution in [0.4, 0.5) is 8.78 Å². The lowest BCUT2D eigenvalue weighted by atomic mass is 10.0. The van der Waals surface area contributed by atoms with E-state index in [0.29, 0.717) is 6.04 Å². The number of nitrogens with zero attached hydrogens (tertiary/aromatic N) is 2. The third kappa shape index (κ3) is 3.98. The van der Waals surface area contributed by atoms with Crippen LogP contribution in [0.3, 0.4) is 0 Å². The molecule has 1 saturated heterocycles. The standard InChI is InChI=1S/C15H22F2N2/c1-18(2)13-4-3-8-19(11-13)9-7-12-5-6-14(16)15(17)10-12/h5-6,10,13H,3-4,7-9,11H2,1-2H3. The molecule has 1 atom stereocenters. The Bertz CT molecular complexity index is 421. The Labute approximate surface area is 114 Å². The first-order valence-electron chi connectivity index (χ1n) is 6.89. The molecule has 1 fully saturated rings. The van der Waals surface area contributed by atoms with Gasteiger partial charge in [0.15, 0.2) is 11.6 Å². The van der Waals surface area contributed by atoms with Gasteiger partial charge in [-0.05, 0) is 57.6 Å². The molecule has 0 N–H and O–H groups in total. The topological polar surface area (TPSA) is 6.48 Å². The lowest BCUT2D eigenvalue weighted by Gasteiger charge is -2.36. The quantitative estimate of drug-likeness (QED) is 0.828. The van der Waals surface area contributed by atoms with Gasteiger partial charge in [-0.15, -0.1) is 0 Å². The molecule has 2 rings (SSSR count). The Morgan fingerprint density at radius 1 is 1.26 bits per heavy atom. The molecule has 19 heavy (non-hydrogen) atoms. The van der Waals surface area contributed by atoms with Crippen molar-refractivity contribution in [3.05, 3.63) is 35.4 Å². The Balaban J connectivity index is 1.86. The first-order valence-corrected chi connectivity index (χ1v) is 6.89. The highest BCUT2D eigenvalue weighted by atomic mass is 19.2. The van der Waals surface area contributed by atoms with Gasteiger partial charge in [0.1, 0.15) is 0 Å². The summed E-state index contributed by atoms with van der Waals surface area (Å²) >= 11 is 0. The van der Waals surface area contributed by atoms with Crippen molar-refractivity contribution in [3.63, 3.8) is 0 Å². The van der Waals surface area contributed by atoms with E-state index in [1.54, 1.807) is 6.07 Å². The predicted molar refractivity (Wildman–Crippen MR) is 73.2 cm³/mol. The molecule has 0 spiro atoms. The molecular weight excluding hydrogens is 246 g/mol. The van der Waals surface area contributed by atoms with Crippen LogP contribution in [0.5, 0.6) is 0 Å². The molecule has 4 heteroatoms. The van der Waals surface area contributed by atoms with Crippen LogP contribution >= 0.6 is 0 Å². The fourth-order valence-corrected chi connectivity index (χ4v) is 2.64. The average molecular weight is 268 g/mol. The van der Waals surface area contributed by atoms with Gasteiger partial charge in [-0.3, -0.25) is 0 Å². The Morgan fingerprint density at radius 3 is 2.74 bits per heavy atom. The lowest BCUT2D eigenvalue weighted by molar-refractivity contribution is 0.134. The molecule has 0 radical (unpaired) electrons. The van der Waals surface area contributed by atoms with E-state index in [-0.39, 0.29) is 0 Å². The monoisotopic (exact) mass is 268 g/mol. The molecule has 1 heterocycles. The molecule has 106 valence electrons. The van der Waals surface area contributed by atoms with Crippen LogP contribution in [-0.2, 0) is 6.42 Å². The molecule has 1 unspecified atom stereocenters. The van der Waals surface area contributed by atoms with Crippen LogP contribution in [0.1, 0.15) is 18.4 Å². The van der Waals surface area contributed by atoms with E-state index in [9.17, 15) is 8.78 Å². The number of benzene rings is 1. The molecule has 0 bridgehead atoms. The predicted octanol–water partition coefficient (Wildman–Crippen LogP) is 2.53. The first kappa shape index (κ1) is 14.4. The maximum Gasteiger partial charge on any atom is 0.159 e. The van der Waals surface area contributed by atoms with Crippen LogP contribution in [-0.4, -0.2) is 49.6 Å². The molecule has 1 aromatic carbocycles. The van der Waals surface area contributed by atoms with Gasteiger partial charge in [-0.25, -0.2) is 8.78 Å². The zero-order chi connectivity index (χ0) is 13.8. The largest absolute Gasteiger partial charge is 0.305 e. The second kappa shape index (κ2) is 6.44. The minimum atomic E-state index is -0.769. The maximum absolute atomic E-state index is 13.1. The first-order chi connectivity index (χ1) is 9.06. The van der Waals surface area contributed by atoms with Gasteiger partial charge in [-0.1, -0.05) is 6.07 Å². The van der Waals surface area contributed by atoms with Gasteiger partial charge in [0.25, 0.3) is 0 Å². The van der Waals surface area contributed by atoms with Gasteiger partial charge < -0.3 is 9.80 Å². The van der Waals surface area contributed by atoms with Crippen molar-refractivity contribution in [2.75, 3.05) is 33.7 Å². The third-order valence-corrected chi connectivity index (χ3v) is 3.91. The zero-order valence-corrected chi connectivity index (χ0v) is 11.7. The molecule has 0 amide bonds. The van der Waals surface area contributed by atoms with Crippen molar-refractivity contribution >= 4 is 0 Å². The summed E-state index contributed by atoms with van der Waals surface area (Å²) in [4.78, 5) is 4.68. The Morgan fingerprint density at radius 2 is 2.05 bits per heavy atom. The van der Waals surface area contributed by atoms with E-state index in [4.69, 9.17) is 0 Å². The van der Waals surface area contributed by atoms with Crippen molar-refractivity contribution in [2.24, 2.45) is 0 Å². The smallest absolute Gasteiger partial charge is 0.159 e. The SMILES string of the molecule is CN(C)C1CCCN(CCc2ccc(F)c(F)c2)C1. The Kier molecular flexibility index (Phi) is 4.88. The van der Waals surface area contributed by atoms with Crippen molar-refractivity contribution in [1.29, 1.82) is 0 Å². The highest BCUT2D eigenvalue weighted by Crippen LogP contribution is 2.15. The third-order valence-electron chi connectivity index (χ3n) is 3.91. The van der Waals surface area contributed by atoms with Crippen molar-refractivity contribution in [3.8, 4) is 0 Å². The van der Waals surface area contributed by atoms with Crippen LogP contribution in [0.15, 0.2) is 18.2 Å². The summed E-state index contributed by atoms with van der Waals surface area (Å²) in [6.07, 6.45) is 3.23. The highest BCUT2D eigenvalue weighted by Gasteiger charge is 2.20. The van der Waals surface area contributed by atoms with Gasteiger partial charge in [0, 0.05) is 19.1 Å². The second-order valence-corrected chi connectivity index (χ2v) is 5.56. The Hall–Kier alpha value is -1.00. The summed E-state index contributed by atoms with van der Waals surface area (Å²) in [7, 11) is 4.23. The van der Waals surface area contributed by atoms with Crippen LogP contribution in [0, 0.1) is 11.6 Å². The number of piperidine rings is 1. The summed E-state index contributed by atoms with van der Waals surface area (Å²) in [6.45, 7) is 3.08. The van der Waals surface area contributed by atoms with Crippen molar-refractivity contribution in [2.45, 2.75) is 25.3 Å². The number of hydrogen-bond acceptors (Lipinski definition) is 2. The number of halogens is 2. The molecule has 1 aliphatic heterocycles. The van der Waals surface area contributed by atoms with Gasteiger partial charge in [0.05, 0.1) is 0 Å².